The van der Waals surface area contributed by atoms with Gasteiger partial charge in [0.2, 0.25) is 0 Å². The summed E-state index contributed by atoms with van der Waals surface area (Å²) in [5.74, 6) is 0.609. The lowest BCUT2D eigenvalue weighted by molar-refractivity contribution is -0.389. The summed E-state index contributed by atoms with van der Waals surface area (Å²) in [6, 6.07) is 7.92. The van der Waals surface area contributed by atoms with Crippen LogP contribution in [0.25, 0.3) is 0 Å². The largest absolute Gasteiger partial charge is 0.497 e. The Morgan fingerprint density at radius 2 is 2.22 bits per heavy atom. The lowest BCUT2D eigenvalue weighted by Gasteiger charge is -2.21. The number of nitro groups is 1. The lowest BCUT2D eigenvalue weighted by atomic mass is 10.2. The summed E-state index contributed by atoms with van der Waals surface area (Å²) in [7, 11) is 1.63. The van der Waals surface area contributed by atoms with Gasteiger partial charge in [-0.2, -0.15) is 0 Å². The monoisotopic (exact) mass is 319 g/mol. The van der Waals surface area contributed by atoms with Crippen molar-refractivity contribution in [2.75, 3.05) is 13.7 Å². The SMILES string of the molecule is COc1ccc(COC[C@H]2CCn3cc([N+](=O)[O-])nc3O2)cc1. The van der Waals surface area contributed by atoms with E-state index in [1.165, 1.54) is 6.20 Å². The molecule has 1 aliphatic rings. The Morgan fingerprint density at radius 3 is 2.91 bits per heavy atom. The van der Waals surface area contributed by atoms with Crippen LogP contribution in [0.15, 0.2) is 30.5 Å². The van der Waals surface area contributed by atoms with Gasteiger partial charge in [0.1, 0.15) is 18.1 Å². The summed E-state index contributed by atoms with van der Waals surface area (Å²) >= 11 is 0. The third-order valence-electron chi connectivity index (χ3n) is 3.61. The Bertz CT molecular complexity index is 683. The molecular weight excluding hydrogens is 302 g/mol. The number of fused-ring (bicyclic) bond motifs is 1. The normalized spacial score (nSPS) is 16.5. The third-order valence-corrected chi connectivity index (χ3v) is 3.61. The first-order valence-corrected chi connectivity index (χ1v) is 7.24. The molecular formula is C15H17N3O5. The Hall–Kier alpha value is -2.61. The highest BCUT2D eigenvalue weighted by atomic mass is 16.6. The van der Waals surface area contributed by atoms with E-state index in [2.05, 4.69) is 4.98 Å². The highest BCUT2D eigenvalue weighted by Crippen LogP contribution is 2.24. The minimum atomic E-state index is -0.524. The first-order chi connectivity index (χ1) is 11.2. The molecule has 1 aromatic heterocycles. The molecule has 122 valence electrons. The van der Waals surface area contributed by atoms with Gasteiger partial charge in [0.05, 0.1) is 20.3 Å². The number of imidazole rings is 1. The van der Waals surface area contributed by atoms with E-state index in [-0.39, 0.29) is 17.9 Å². The fourth-order valence-electron chi connectivity index (χ4n) is 2.37. The van der Waals surface area contributed by atoms with Crippen molar-refractivity contribution in [3.63, 3.8) is 0 Å². The number of methoxy groups -OCH3 is 1. The second kappa shape index (κ2) is 6.66. The van der Waals surface area contributed by atoms with Crippen LogP contribution in [0.1, 0.15) is 12.0 Å². The summed E-state index contributed by atoms with van der Waals surface area (Å²) in [6.07, 6.45) is 1.97. The van der Waals surface area contributed by atoms with Crippen LogP contribution in [-0.2, 0) is 17.9 Å². The molecule has 0 N–H and O–H groups in total. The van der Waals surface area contributed by atoms with E-state index in [1.807, 2.05) is 24.3 Å². The fourth-order valence-corrected chi connectivity index (χ4v) is 2.37. The van der Waals surface area contributed by atoms with Gasteiger partial charge in [-0.15, -0.1) is 0 Å². The minimum absolute atomic E-state index is 0.150. The molecule has 0 spiro atoms. The predicted molar refractivity (Wildman–Crippen MR) is 80.6 cm³/mol. The molecule has 0 radical (unpaired) electrons. The number of rotatable bonds is 6. The minimum Gasteiger partial charge on any atom is -0.497 e. The zero-order chi connectivity index (χ0) is 16.2. The fraction of sp³-hybridized carbons (Fsp3) is 0.400. The van der Waals surface area contributed by atoms with Gasteiger partial charge in [-0.05, 0) is 22.6 Å². The standard InChI is InChI=1S/C15H17N3O5/c1-21-12-4-2-11(3-5-12)9-22-10-13-6-7-17-8-14(18(19)20)16-15(17)23-13/h2-5,8,13H,6-7,9-10H2,1H3/t13-/m1/s1. The number of aryl methyl sites for hydroxylation is 1. The van der Waals surface area contributed by atoms with Gasteiger partial charge in [-0.25, -0.2) is 0 Å². The molecule has 8 nitrogen and oxygen atoms in total. The van der Waals surface area contributed by atoms with Gasteiger partial charge >= 0.3 is 11.8 Å². The second-order valence-electron chi connectivity index (χ2n) is 5.22. The molecule has 0 unspecified atom stereocenters. The van der Waals surface area contributed by atoms with Crippen molar-refractivity contribution < 1.29 is 19.1 Å². The average molecular weight is 319 g/mol. The zero-order valence-corrected chi connectivity index (χ0v) is 12.7. The van der Waals surface area contributed by atoms with Crippen LogP contribution in [0.2, 0.25) is 0 Å². The van der Waals surface area contributed by atoms with Crippen molar-refractivity contribution >= 4 is 5.82 Å². The number of hydrogen-bond donors (Lipinski definition) is 0. The summed E-state index contributed by atoms with van der Waals surface area (Å²) in [4.78, 5) is 14.0. The number of ether oxygens (including phenoxy) is 3. The Kier molecular flexibility index (Phi) is 4.42. The summed E-state index contributed by atoms with van der Waals surface area (Å²) in [5, 5.41) is 10.7. The van der Waals surface area contributed by atoms with E-state index in [9.17, 15) is 10.1 Å². The lowest BCUT2D eigenvalue weighted by Crippen LogP contribution is -2.30. The molecule has 2 aromatic rings. The molecule has 0 bridgehead atoms. The molecule has 2 heterocycles. The van der Waals surface area contributed by atoms with Crippen LogP contribution in [0.5, 0.6) is 11.8 Å². The van der Waals surface area contributed by atoms with Gasteiger partial charge in [-0.1, -0.05) is 12.1 Å². The Morgan fingerprint density at radius 1 is 1.43 bits per heavy atom. The number of aromatic nitrogens is 2. The topological polar surface area (TPSA) is 88.7 Å². The maximum atomic E-state index is 10.7. The van der Waals surface area contributed by atoms with E-state index in [1.54, 1.807) is 11.7 Å². The van der Waals surface area contributed by atoms with Gasteiger partial charge in [-0.3, -0.25) is 4.57 Å². The highest BCUT2D eigenvalue weighted by molar-refractivity contribution is 5.26. The van der Waals surface area contributed by atoms with E-state index in [0.29, 0.717) is 19.8 Å². The van der Waals surface area contributed by atoms with Crippen molar-refractivity contribution in [3.8, 4) is 11.8 Å². The predicted octanol–water partition coefficient (Wildman–Crippen LogP) is 2.17. The summed E-state index contributed by atoms with van der Waals surface area (Å²) in [6.45, 7) is 1.51. The molecule has 0 saturated heterocycles. The zero-order valence-electron chi connectivity index (χ0n) is 12.7. The number of hydrogen-bond acceptors (Lipinski definition) is 6. The van der Waals surface area contributed by atoms with Crippen molar-refractivity contribution in [2.45, 2.75) is 25.7 Å². The van der Waals surface area contributed by atoms with E-state index < -0.39 is 4.92 Å². The van der Waals surface area contributed by atoms with E-state index >= 15 is 0 Å². The Labute approximate surface area is 132 Å². The number of benzene rings is 1. The molecule has 0 fully saturated rings. The molecule has 1 atom stereocenters. The van der Waals surface area contributed by atoms with Gasteiger partial charge in [0.15, 0.2) is 0 Å². The smallest absolute Gasteiger partial charge is 0.414 e. The maximum Gasteiger partial charge on any atom is 0.414 e. The van der Waals surface area contributed by atoms with E-state index in [4.69, 9.17) is 14.2 Å². The molecule has 1 aliphatic heterocycles. The summed E-state index contributed by atoms with van der Waals surface area (Å²) < 4.78 is 18.1. The Balaban J connectivity index is 1.50. The van der Waals surface area contributed by atoms with Gasteiger partial charge in [0, 0.05) is 17.9 Å². The third kappa shape index (κ3) is 3.59. The van der Waals surface area contributed by atoms with Crippen LogP contribution in [0.3, 0.4) is 0 Å². The van der Waals surface area contributed by atoms with Gasteiger partial charge < -0.3 is 24.3 Å². The van der Waals surface area contributed by atoms with Crippen LogP contribution >= 0.6 is 0 Å². The second-order valence-corrected chi connectivity index (χ2v) is 5.22. The number of nitrogens with zero attached hydrogens (tertiary/aromatic N) is 3. The van der Waals surface area contributed by atoms with Crippen LogP contribution in [0, 0.1) is 10.1 Å². The van der Waals surface area contributed by atoms with E-state index in [0.717, 1.165) is 17.7 Å². The van der Waals surface area contributed by atoms with Gasteiger partial charge in [0.25, 0.3) is 0 Å². The highest BCUT2D eigenvalue weighted by Gasteiger charge is 2.28. The molecule has 0 aliphatic carbocycles. The molecule has 0 amide bonds. The van der Waals surface area contributed by atoms with Crippen molar-refractivity contribution in [3.05, 3.63) is 46.1 Å². The van der Waals surface area contributed by atoms with Crippen molar-refractivity contribution in [2.24, 2.45) is 0 Å². The van der Waals surface area contributed by atoms with Crippen LogP contribution in [0.4, 0.5) is 5.82 Å². The molecule has 0 saturated carbocycles. The van der Waals surface area contributed by atoms with Crippen LogP contribution in [-0.4, -0.2) is 34.3 Å². The quantitative estimate of drug-likeness (QED) is 0.599. The molecule has 23 heavy (non-hydrogen) atoms. The maximum absolute atomic E-state index is 10.7. The van der Waals surface area contributed by atoms with Crippen LogP contribution < -0.4 is 9.47 Å². The molecule has 1 aromatic carbocycles. The van der Waals surface area contributed by atoms with Crippen molar-refractivity contribution in [1.82, 2.24) is 9.55 Å². The first kappa shape index (κ1) is 15.3. The van der Waals surface area contributed by atoms with Crippen molar-refractivity contribution in [1.29, 1.82) is 0 Å². The average Bonchev–Trinajstić information content (AvgIpc) is 2.99. The molecule has 3 rings (SSSR count). The molecule has 8 heteroatoms. The summed E-state index contributed by atoms with van der Waals surface area (Å²) in [5.41, 5.74) is 1.04. The first-order valence-electron chi connectivity index (χ1n) is 7.24.